The van der Waals surface area contributed by atoms with E-state index in [1.165, 1.54) is 0 Å². The molecule has 1 aliphatic carbocycles. The van der Waals surface area contributed by atoms with Crippen LogP contribution in [0.25, 0.3) is 5.69 Å². The van der Waals surface area contributed by atoms with Crippen molar-refractivity contribution in [2.45, 2.75) is 42.4 Å². The van der Waals surface area contributed by atoms with E-state index in [2.05, 4.69) is 15.6 Å². The molecule has 0 radical (unpaired) electrons. The summed E-state index contributed by atoms with van der Waals surface area (Å²) in [5.41, 5.74) is -8.29. The number of ether oxygens (including phenoxy) is 1. The molecule has 1 aliphatic rings. The second-order valence-corrected chi connectivity index (χ2v) is 8.38. The number of amides is 1. The zero-order valence-corrected chi connectivity index (χ0v) is 18.6. The number of nitriles is 1. The molecule has 19 heteroatoms. The molecule has 0 spiro atoms. The molecule has 37 heavy (non-hydrogen) atoms. The van der Waals surface area contributed by atoms with E-state index in [9.17, 15) is 58.4 Å². The molecule has 3 rings (SSSR count). The van der Waals surface area contributed by atoms with Gasteiger partial charge in [0.05, 0.1) is 15.6 Å². The SMILES string of the molecule is N#Cc1nn(-c2c(Cl)cc(C(F)(F)F)cc2Cl)c(C(OC(N)=O)C(F)(F)F)c1C1(C(F)(F)F)CC1(F)F. The lowest BCUT2D eigenvalue weighted by molar-refractivity contribution is -0.210. The Hall–Kier alpha value is -3.00. The molecule has 2 N–H and O–H groups in total. The highest BCUT2D eigenvalue weighted by Gasteiger charge is 2.86. The minimum absolute atomic E-state index is 0.0999. The lowest BCUT2D eigenvalue weighted by Gasteiger charge is -2.26. The molecular weight excluding hydrogens is 584 g/mol. The highest BCUT2D eigenvalue weighted by atomic mass is 35.5. The van der Waals surface area contributed by atoms with Crippen LogP contribution in [-0.4, -0.2) is 34.1 Å². The van der Waals surface area contributed by atoms with Crippen molar-refractivity contribution in [3.05, 3.63) is 44.7 Å². The van der Waals surface area contributed by atoms with Gasteiger partial charge in [0.25, 0.3) is 5.92 Å². The third kappa shape index (κ3) is 4.60. The summed E-state index contributed by atoms with van der Waals surface area (Å²) in [6, 6.07) is 1.15. The van der Waals surface area contributed by atoms with E-state index in [1.807, 2.05) is 0 Å². The van der Waals surface area contributed by atoms with Crippen molar-refractivity contribution >= 4 is 29.3 Å². The number of halogens is 13. The lowest BCUT2D eigenvalue weighted by atomic mass is 9.90. The van der Waals surface area contributed by atoms with Crippen LogP contribution in [0.2, 0.25) is 10.0 Å². The Morgan fingerprint density at radius 1 is 1.11 bits per heavy atom. The summed E-state index contributed by atoms with van der Waals surface area (Å²) >= 11 is 11.5. The molecule has 0 aliphatic heterocycles. The van der Waals surface area contributed by atoms with Crippen LogP contribution in [0.1, 0.15) is 35.0 Å². The fourth-order valence-corrected chi connectivity index (χ4v) is 4.32. The average molecular weight is 591 g/mol. The van der Waals surface area contributed by atoms with Gasteiger partial charge in [-0.05, 0) is 12.1 Å². The van der Waals surface area contributed by atoms with Crippen LogP contribution in [0.15, 0.2) is 12.1 Å². The molecule has 6 nitrogen and oxygen atoms in total. The summed E-state index contributed by atoms with van der Waals surface area (Å²) < 4.78 is 155. The van der Waals surface area contributed by atoms with Crippen molar-refractivity contribution < 1.29 is 57.8 Å². The predicted octanol–water partition coefficient (Wildman–Crippen LogP) is 6.61. The fourth-order valence-electron chi connectivity index (χ4n) is 3.68. The number of rotatable bonds is 4. The lowest BCUT2D eigenvalue weighted by Crippen LogP contribution is -2.38. The second kappa shape index (κ2) is 8.51. The van der Waals surface area contributed by atoms with Crippen molar-refractivity contribution in [1.29, 1.82) is 5.26 Å². The predicted molar refractivity (Wildman–Crippen MR) is 100 cm³/mol. The molecule has 0 saturated heterocycles. The molecule has 1 heterocycles. The largest absolute Gasteiger partial charge is 0.431 e. The van der Waals surface area contributed by atoms with Gasteiger partial charge < -0.3 is 10.5 Å². The average Bonchev–Trinajstić information content (AvgIpc) is 3.11. The standard InChI is InChI=1S/C18H7Cl2F11N4O2/c19-6-1-5(16(23,24)25)2-7(20)10(6)35-11(12(17(26,27)28)37-13(33)36)9(8(3-32)34-35)14(18(29,30)31)4-15(14,21)22/h1-2,12H,4H2,(H2,33,36). The van der Waals surface area contributed by atoms with E-state index in [0.29, 0.717) is 0 Å². The van der Waals surface area contributed by atoms with Gasteiger partial charge in [0.1, 0.15) is 17.5 Å². The Bertz CT molecular complexity index is 1290. The van der Waals surface area contributed by atoms with Crippen molar-refractivity contribution in [2.75, 3.05) is 0 Å². The minimum Gasteiger partial charge on any atom is -0.430 e. The first kappa shape index (κ1) is 28.6. The highest BCUT2D eigenvalue weighted by Crippen LogP contribution is 2.70. The number of aromatic nitrogens is 2. The molecule has 1 aromatic carbocycles. The van der Waals surface area contributed by atoms with E-state index < -0.39 is 86.7 Å². The third-order valence-corrected chi connectivity index (χ3v) is 5.84. The van der Waals surface area contributed by atoms with Crippen LogP contribution >= 0.6 is 23.2 Å². The zero-order valence-electron chi connectivity index (χ0n) is 17.1. The monoisotopic (exact) mass is 590 g/mol. The van der Waals surface area contributed by atoms with Crippen molar-refractivity contribution in [2.24, 2.45) is 5.73 Å². The summed E-state index contributed by atoms with van der Waals surface area (Å²) in [6.07, 6.45) is -25.2. The number of nitrogens with two attached hydrogens (primary N) is 1. The van der Waals surface area contributed by atoms with Gasteiger partial charge in [0.2, 0.25) is 6.10 Å². The minimum atomic E-state index is -6.00. The number of carbonyl (C=O) groups is 1. The first-order chi connectivity index (χ1) is 16.6. The molecule has 2 unspecified atom stereocenters. The van der Waals surface area contributed by atoms with Gasteiger partial charge in [-0.2, -0.15) is 49.9 Å². The molecule has 202 valence electrons. The summed E-state index contributed by atoms with van der Waals surface area (Å²) in [4.78, 5) is 11.2. The van der Waals surface area contributed by atoms with Gasteiger partial charge in [-0.25, -0.2) is 18.3 Å². The van der Waals surface area contributed by atoms with Gasteiger partial charge in [0, 0.05) is 12.0 Å². The fraction of sp³-hybridized carbons (Fsp3) is 0.389. The number of carbonyl (C=O) groups excluding carboxylic acids is 1. The van der Waals surface area contributed by atoms with Crippen LogP contribution in [0.4, 0.5) is 53.1 Å². The number of hydrogen-bond donors (Lipinski definition) is 1. The van der Waals surface area contributed by atoms with Crippen LogP contribution in [0.5, 0.6) is 0 Å². The summed E-state index contributed by atoms with van der Waals surface area (Å²) in [5.74, 6) is -4.77. The third-order valence-electron chi connectivity index (χ3n) is 5.26. The Balaban J connectivity index is 2.54. The summed E-state index contributed by atoms with van der Waals surface area (Å²) in [7, 11) is 0. The number of hydrogen-bond acceptors (Lipinski definition) is 4. The van der Waals surface area contributed by atoms with E-state index in [1.54, 1.807) is 0 Å². The van der Waals surface area contributed by atoms with E-state index in [0.717, 1.165) is 6.07 Å². The Morgan fingerprint density at radius 3 is 1.92 bits per heavy atom. The Labute approximate surface area is 207 Å². The van der Waals surface area contributed by atoms with Gasteiger partial charge in [0.15, 0.2) is 11.1 Å². The number of benzene rings is 1. The van der Waals surface area contributed by atoms with E-state index >= 15 is 0 Å². The molecule has 1 aromatic heterocycles. The number of primary amides is 1. The Kier molecular flexibility index (Phi) is 6.57. The maximum atomic E-state index is 14.2. The second-order valence-electron chi connectivity index (χ2n) is 7.56. The molecule has 2 aromatic rings. The van der Waals surface area contributed by atoms with Crippen molar-refractivity contribution in [3.63, 3.8) is 0 Å². The van der Waals surface area contributed by atoms with Crippen LogP contribution in [0.3, 0.4) is 0 Å². The summed E-state index contributed by atoms with van der Waals surface area (Å²) in [6.45, 7) is 0. The maximum absolute atomic E-state index is 14.2. The molecule has 1 fully saturated rings. The molecular formula is C18H7Cl2F11N4O2. The smallest absolute Gasteiger partial charge is 0.430 e. The van der Waals surface area contributed by atoms with Crippen molar-refractivity contribution in [1.82, 2.24) is 9.78 Å². The Morgan fingerprint density at radius 2 is 1.59 bits per heavy atom. The van der Waals surface area contributed by atoms with Crippen LogP contribution in [0, 0.1) is 11.3 Å². The molecule has 0 bridgehead atoms. The number of nitrogens with zero attached hydrogens (tertiary/aromatic N) is 3. The zero-order chi connectivity index (χ0) is 28.5. The van der Waals surface area contributed by atoms with Crippen LogP contribution in [-0.2, 0) is 16.3 Å². The highest BCUT2D eigenvalue weighted by molar-refractivity contribution is 6.37. The first-order valence-electron chi connectivity index (χ1n) is 9.17. The van der Waals surface area contributed by atoms with Crippen LogP contribution < -0.4 is 5.73 Å². The van der Waals surface area contributed by atoms with Gasteiger partial charge in [-0.1, -0.05) is 23.2 Å². The molecule has 1 amide bonds. The molecule has 2 atom stereocenters. The molecule has 1 saturated carbocycles. The topological polar surface area (TPSA) is 93.9 Å². The van der Waals surface area contributed by atoms with Gasteiger partial charge in [-0.3, -0.25) is 0 Å². The maximum Gasteiger partial charge on any atom is 0.431 e. The quantitative estimate of drug-likeness (QED) is 0.406. The number of alkyl halides is 11. The van der Waals surface area contributed by atoms with Gasteiger partial charge in [-0.15, -0.1) is 0 Å². The normalized spacial score (nSPS) is 20.3. The van der Waals surface area contributed by atoms with Crippen molar-refractivity contribution in [3.8, 4) is 11.8 Å². The van der Waals surface area contributed by atoms with E-state index in [-0.39, 0.29) is 16.8 Å². The first-order valence-corrected chi connectivity index (χ1v) is 9.93. The van der Waals surface area contributed by atoms with Gasteiger partial charge >= 0.3 is 24.6 Å². The van der Waals surface area contributed by atoms with E-state index in [4.69, 9.17) is 23.2 Å². The summed E-state index contributed by atoms with van der Waals surface area (Å²) in [5, 5.41) is 10.2.